The van der Waals surface area contributed by atoms with Gasteiger partial charge in [-0.1, -0.05) is 28.1 Å². The Balaban J connectivity index is 2.05. The van der Waals surface area contributed by atoms with Crippen LogP contribution in [0.2, 0.25) is 0 Å². The molecule has 0 aliphatic carbocycles. The van der Waals surface area contributed by atoms with Crippen LogP contribution in [0.1, 0.15) is 23.7 Å². The zero-order valence-corrected chi connectivity index (χ0v) is 12.1. The fourth-order valence-corrected chi connectivity index (χ4v) is 2.44. The van der Waals surface area contributed by atoms with Gasteiger partial charge in [0.2, 0.25) is 0 Å². The predicted molar refractivity (Wildman–Crippen MR) is 74.9 cm³/mol. The summed E-state index contributed by atoms with van der Waals surface area (Å²) in [4.78, 5) is 14.6. The average Bonchev–Trinajstić information content (AvgIpc) is 2.67. The lowest BCUT2D eigenvalue weighted by Crippen LogP contribution is -2.40. The van der Waals surface area contributed by atoms with Crippen molar-refractivity contribution in [2.24, 2.45) is 0 Å². The van der Waals surface area contributed by atoms with E-state index in [0.29, 0.717) is 0 Å². The Morgan fingerprint density at radius 2 is 2.00 bits per heavy atom. The van der Waals surface area contributed by atoms with E-state index in [4.69, 9.17) is 4.74 Å². The molecule has 3 nitrogen and oxygen atoms in total. The van der Waals surface area contributed by atoms with Crippen molar-refractivity contribution in [2.75, 3.05) is 26.3 Å². The molecule has 4 heteroatoms. The molecule has 1 heterocycles. The van der Waals surface area contributed by atoms with Crippen molar-refractivity contribution in [3.8, 4) is 0 Å². The van der Waals surface area contributed by atoms with Crippen LogP contribution in [0.3, 0.4) is 0 Å². The van der Waals surface area contributed by atoms with Crippen molar-refractivity contribution in [3.63, 3.8) is 0 Å². The third-order valence-electron chi connectivity index (χ3n) is 3.31. The number of carbonyl (C=O) groups excluding carboxylic acids is 1. The van der Waals surface area contributed by atoms with E-state index in [1.807, 2.05) is 31.2 Å². The van der Waals surface area contributed by atoms with Gasteiger partial charge in [0.1, 0.15) is 0 Å². The number of ether oxygens (including phenoxy) is 1. The normalized spacial score (nSPS) is 19.2. The van der Waals surface area contributed by atoms with Gasteiger partial charge in [0, 0.05) is 29.7 Å². The van der Waals surface area contributed by atoms with Crippen LogP contribution in [0.5, 0.6) is 0 Å². The number of hydrogen-bond acceptors (Lipinski definition) is 3. The van der Waals surface area contributed by atoms with Crippen LogP contribution < -0.4 is 0 Å². The van der Waals surface area contributed by atoms with E-state index >= 15 is 0 Å². The molecule has 1 aromatic rings. The monoisotopic (exact) mass is 311 g/mol. The minimum Gasteiger partial charge on any atom is -0.380 e. The van der Waals surface area contributed by atoms with E-state index in [1.165, 1.54) is 0 Å². The molecule has 18 heavy (non-hydrogen) atoms. The van der Waals surface area contributed by atoms with E-state index in [2.05, 4.69) is 20.8 Å². The van der Waals surface area contributed by atoms with Gasteiger partial charge >= 0.3 is 0 Å². The molecule has 1 unspecified atom stereocenters. The molecule has 0 aromatic heterocycles. The Hall–Kier alpha value is -0.710. The topological polar surface area (TPSA) is 29.5 Å². The fraction of sp³-hybridized carbons (Fsp3) is 0.500. The molecular weight excluding hydrogens is 294 g/mol. The lowest BCUT2D eigenvalue weighted by atomic mass is 10.0. The molecular formula is C14H18BrNO2. The Morgan fingerprint density at radius 1 is 1.28 bits per heavy atom. The second kappa shape index (κ2) is 6.45. The Kier molecular flexibility index (Phi) is 4.92. The highest BCUT2D eigenvalue weighted by atomic mass is 79.9. The number of halogens is 1. The van der Waals surface area contributed by atoms with E-state index in [-0.39, 0.29) is 11.8 Å². The van der Waals surface area contributed by atoms with Gasteiger partial charge in [0.15, 0.2) is 5.78 Å². The smallest absolute Gasteiger partial charge is 0.179 e. The molecule has 0 saturated carbocycles. The largest absolute Gasteiger partial charge is 0.380 e. The van der Waals surface area contributed by atoms with Crippen LogP contribution in [0, 0.1) is 0 Å². The Bertz CT molecular complexity index is 397. The van der Waals surface area contributed by atoms with Crippen LogP contribution in [0.25, 0.3) is 0 Å². The molecule has 0 bridgehead atoms. The van der Waals surface area contributed by atoms with Crippen LogP contribution in [-0.2, 0) is 4.74 Å². The molecule has 2 rings (SSSR count). The first kappa shape index (κ1) is 13.7. The summed E-state index contributed by atoms with van der Waals surface area (Å²) < 4.78 is 6.41. The highest BCUT2D eigenvalue weighted by Gasteiger charge is 2.23. The summed E-state index contributed by atoms with van der Waals surface area (Å²) in [5.41, 5.74) is 0.774. The van der Waals surface area contributed by atoms with Crippen molar-refractivity contribution >= 4 is 21.7 Å². The zero-order valence-electron chi connectivity index (χ0n) is 10.6. The molecule has 0 spiro atoms. The molecule has 98 valence electrons. The molecule has 0 N–H and O–H groups in total. The number of hydrogen-bond donors (Lipinski definition) is 0. The summed E-state index contributed by atoms with van der Waals surface area (Å²) in [7, 11) is 0. The molecule has 0 amide bonds. The highest BCUT2D eigenvalue weighted by Crippen LogP contribution is 2.15. The van der Waals surface area contributed by atoms with Crippen LogP contribution in [0.4, 0.5) is 0 Å². The second-order valence-electron chi connectivity index (χ2n) is 4.55. The molecule has 1 fully saturated rings. The van der Waals surface area contributed by atoms with Crippen molar-refractivity contribution < 1.29 is 9.53 Å². The van der Waals surface area contributed by atoms with Gasteiger partial charge in [-0.05, 0) is 25.5 Å². The fourth-order valence-electron chi connectivity index (χ4n) is 2.17. The van der Waals surface area contributed by atoms with Crippen molar-refractivity contribution in [2.45, 2.75) is 19.4 Å². The first-order valence-electron chi connectivity index (χ1n) is 6.30. The number of carbonyl (C=O) groups is 1. The van der Waals surface area contributed by atoms with Gasteiger partial charge < -0.3 is 4.74 Å². The minimum atomic E-state index is -0.0760. The Morgan fingerprint density at radius 3 is 2.72 bits per heavy atom. The molecule has 1 aliphatic rings. The number of rotatable bonds is 3. The summed E-state index contributed by atoms with van der Waals surface area (Å²) >= 11 is 3.38. The summed E-state index contributed by atoms with van der Waals surface area (Å²) in [6.07, 6.45) is 0.998. The highest BCUT2D eigenvalue weighted by molar-refractivity contribution is 9.10. The molecule has 1 aliphatic heterocycles. The maximum Gasteiger partial charge on any atom is 0.179 e. The van der Waals surface area contributed by atoms with Crippen molar-refractivity contribution in [1.82, 2.24) is 4.90 Å². The molecule has 1 atom stereocenters. The molecule has 0 radical (unpaired) electrons. The SMILES string of the molecule is CC(C(=O)c1ccc(Br)cc1)N1CCCOCC1. The maximum absolute atomic E-state index is 12.4. The molecule has 1 aromatic carbocycles. The maximum atomic E-state index is 12.4. The van der Waals surface area contributed by atoms with Gasteiger partial charge in [0.25, 0.3) is 0 Å². The second-order valence-corrected chi connectivity index (χ2v) is 5.46. The van der Waals surface area contributed by atoms with Crippen molar-refractivity contribution in [3.05, 3.63) is 34.3 Å². The zero-order chi connectivity index (χ0) is 13.0. The summed E-state index contributed by atoms with van der Waals surface area (Å²) in [6.45, 7) is 5.27. The predicted octanol–water partition coefficient (Wildman–Crippen LogP) is 2.74. The van der Waals surface area contributed by atoms with Gasteiger partial charge in [0.05, 0.1) is 12.6 Å². The minimum absolute atomic E-state index is 0.0760. The van der Waals surface area contributed by atoms with Gasteiger partial charge in [-0.25, -0.2) is 0 Å². The van der Waals surface area contributed by atoms with Gasteiger partial charge in [-0.3, -0.25) is 9.69 Å². The van der Waals surface area contributed by atoms with Gasteiger partial charge in [-0.15, -0.1) is 0 Å². The summed E-state index contributed by atoms with van der Waals surface area (Å²) in [6, 6.07) is 7.48. The third-order valence-corrected chi connectivity index (χ3v) is 3.84. The van der Waals surface area contributed by atoms with Crippen LogP contribution in [-0.4, -0.2) is 43.0 Å². The number of nitrogens with zero attached hydrogens (tertiary/aromatic N) is 1. The quantitative estimate of drug-likeness (QED) is 0.804. The molecule has 1 saturated heterocycles. The number of benzene rings is 1. The standard InChI is InChI=1S/C14H18BrNO2/c1-11(16-7-2-9-18-10-8-16)14(17)12-3-5-13(15)6-4-12/h3-6,11H,2,7-10H2,1H3. The lowest BCUT2D eigenvalue weighted by molar-refractivity contribution is 0.0824. The first-order chi connectivity index (χ1) is 8.68. The van der Waals surface area contributed by atoms with Gasteiger partial charge in [-0.2, -0.15) is 0 Å². The summed E-state index contributed by atoms with van der Waals surface area (Å²) in [5.74, 6) is 0.185. The number of ketones is 1. The number of Topliss-reactive ketones (excluding diaryl/α,β-unsaturated/α-hetero) is 1. The first-order valence-corrected chi connectivity index (χ1v) is 7.09. The average molecular weight is 312 g/mol. The third kappa shape index (κ3) is 3.40. The summed E-state index contributed by atoms with van der Waals surface area (Å²) in [5, 5.41) is 0. The van der Waals surface area contributed by atoms with E-state index < -0.39 is 0 Å². The lowest BCUT2D eigenvalue weighted by Gasteiger charge is -2.25. The van der Waals surface area contributed by atoms with Crippen LogP contribution >= 0.6 is 15.9 Å². The van der Waals surface area contributed by atoms with E-state index in [9.17, 15) is 4.79 Å². The Labute approximate surface area is 116 Å². The van der Waals surface area contributed by atoms with Crippen molar-refractivity contribution in [1.29, 1.82) is 0 Å². The van der Waals surface area contributed by atoms with E-state index in [1.54, 1.807) is 0 Å². The van der Waals surface area contributed by atoms with Crippen LogP contribution in [0.15, 0.2) is 28.7 Å². The van der Waals surface area contributed by atoms with E-state index in [0.717, 1.165) is 42.8 Å².